The maximum absolute atomic E-state index is 2.97. The average molecular weight is 299 g/mol. The average Bonchev–Trinajstić information content (AvgIpc) is 2.30. The summed E-state index contributed by atoms with van der Waals surface area (Å²) in [5, 5.41) is 2.68. The molecule has 0 fully saturated rings. The number of hydrogen-bond donors (Lipinski definition) is 0. The Kier molecular flexibility index (Phi) is 8.64. The first-order chi connectivity index (χ1) is 7.65. The molecule has 2 rings (SSSR count). The maximum atomic E-state index is 2.97. The van der Waals surface area contributed by atoms with Gasteiger partial charge in [0, 0.05) is 18.6 Å². The van der Waals surface area contributed by atoms with Crippen molar-refractivity contribution in [1.29, 1.82) is 0 Å². The summed E-state index contributed by atoms with van der Waals surface area (Å²) in [7, 11) is 0. The minimum Gasteiger partial charge on any atom is -0.0616 e. The third-order valence-corrected chi connectivity index (χ3v) is 3.07. The summed E-state index contributed by atoms with van der Waals surface area (Å²) in [5.74, 6) is 0.606. The maximum Gasteiger partial charge on any atom is 0 e. The largest absolute Gasteiger partial charge is 0.0616 e. The molecule has 0 aromatic heterocycles. The molecule has 0 atom stereocenters. The zero-order chi connectivity index (χ0) is 12.0. The SMILES string of the molecule is CC(C)[C-]=[V].Cc1cccc2ccccc12.[V]. The van der Waals surface area contributed by atoms with Gasteiger partial charge in [0.15, 0.2) is 0 Å². The van der Waals surface area contributed by atoms with Crippen LogP contribution >= 0.6 is 0 Å². The van der Waals surface area contributed by atoms with E-state index in [0.717, 1.165) is 0 Å². The van der Waals surface area contributed by atoms with E-state index in [-0.39, 0.29) is 18.6 Å². The van der Waals surface area contributed by atoms with Crippen molar-refractivity contribution >= 4 is 15.5 Å². The van der Waals surface area contributed by atoms with Crippen molar-refractivity contribution in [1.82, 2.24) is 0 Å². The van der Waals surface area contributed by atoms with Gasteiger partial charge < -0.3 is 0 Å². The molecule has 17 heavy (non-hydrogen) atoms. The van der Waals surface area contributed by atoms with E-state index in [9.17, 15) is 0 Å². The summed E-state index contributed by atoms with van der Waals surface area (Å²) in [6, 6.07) is 14.8. The Morgan fingerprint density at radius 2 is 1.53 bits per heavy atom. The van der Waals surface area contributed by atoms with Crippen LogP contribution in [0.2, 0.25) is 0 Å². The zero-order valence-electron chi connectivity index (χ0n) is 10.5. The van der Waals surface area contributed by atoms with Crippen molar-refractivity contribution in [3.05, 3.63) is 48.0 Å². The van der Waals surface area contributed by atoms with Crippen LogP contribution in [0.15, 0.2) is 42.5 Å². The Morgan fingerprint density at radius 3 is 2.06 bits per heavy atom. The molecule has 1 radical (unpaired) electrons. The Balaban J connectivity index is 0.000000373. The van der Waals surface area contributed by atoms with Crippen LogP contribution in [0.3, 0.4) is 0 Å². The molecule has 0 saturated carbocycles. The van der Waals surface area contributed by atoms with Gasteiger partial charge in [-0.05, 0) is 23.3 Å². The van der Waals surface area contributed by atoms with Crippen molar-refractivity contribution < 1.29 is 35.5 Å². The molecular weight excluding hydrogens is 282 g/mol. The fourth-order valence-electron chi connectivity index (χ4n) is 1.39. The molecule has 0 saturated heterocycles. The number of hydrogen-bond acceptors (Lipinski definition) is 0. The monoisotopic (exact) mass is 299 g/mol. The number of benzene rings is 2. The smallest absolute Gasteiger partial charge is 0 e. The molecule has 0 nitrogen and oxygen atoms in total. The second-order valence-corrected chi connectivity index (χ2v) is 4.48. The Labute approximate surface area is 125 Å². The molecule has 0 heterocycles. The van der Waals surface area contributed by atoms with E-state index >= 15 is 0 Å². The van der Waals surface area contributed by atoms with Crippen molar-refractivity contribution in [2.75, 3.05) is 0 Å². The fraction of sp³-hybridized carbons (Fsp3) is 0.267. The second-order valence-electron chi connectivity index (χ2n) is 4.08. The molecule has 0 spiro atoms. The predicted octanol–water partition coefficient (Wildman–Crippen LogP) is 4.01. The first kappa shape index (κ1) is 16.7. The van der Waals surface area contributed by atoms with Crippen LogP contribution in [0.25, 0.3) is 10.8 Å². The first-order valence-corrected chi connectivity index (χ1v) is 6.19. The predicted molar refractivity (Wildman–Crippen MR) is 68.5 cm³/mol. The van der Waals surface area contributed by atoms with E-state index in [1.807, 2.05) is 0 Å². The first-order valence-electron chi connectivity index (χ1n) is 5.49. The second kappa shape index (κ2) is 8.78. The van der Waals surface area contributed by atoms with E-state index in [1.54, 1.807) is 0 Å². The third-order valence-electron chi connectivity index (χ3n) is 2.27. The van der Waals surface area contributed by atoms with Gasteiger partial charge in [-0.3, -0.25) is 0 Å². The van der Waals surface area contributed by atoms with Crippen molar-refractivity contribution in [2.45, 2.75) is 20.8 Å². The molecule has 2 heteroatoms. The number of aryl methyl sites for hydroxylation is 1. The molecule has 0 aliphatic rings. The van der Waals surface area contributed by atoms with E-state index < -0.39 is 0 Å². The molecule has 0 N–H and O–H groups in total. The van der Waals surface area contributed by atoms with Gasteiger partial charge in [0.25, 0.3) is 0 Å². The molecule has 0 amide bonds. The van der Waals surface area contributed by atoms with E-state index in [4.69, 9.17) is 0 Å². The summed E-state index contributed by atoms with van der Waals surface area (Å²) in [6.45, 7) is 6.33. The summed E-state index contributed by atoms with van der Waals surface area (Å²) in [6.07, 6.45) is 0. The van der Waals surface area contributed by atoms with Crippen LogP contribution in [0.4, 0.5) is 0 Å². The molecule has 0 unspecified atom stereocenters. The van der Waals surface area contributed by atoms with Gasteiger partial charge in [-0.1, -0.05) is 42.5 Å². The van der Waals surface area contributed by atoms with Crippen LogP contribution in [0.5, 0.6) is 0 Å². The van der Waals surface area contributed by atoms with Gasteiger partial charge in [0.1, 0.15) is 0 Å². The molecule has 2 aromatic carbocycles. The van der Waals surface area contributed by atoms with E-state index in [2.05, 4.69) is 84.9 Å². The van der Waals surface area contributed by atoms with Crippen LogP contribution in [-0.4, -0.2) is 4.73 Å². The van der Waals surface area contributed by atoms with Gasteiger partial charge in [0.2, 0.25) is 0 Å². The third kappa shape index (κ3) is 5.75. The number of fused-ring (bicyclic) bond motifs is 1. The summed E-state index contributed by atoms with van der Waals surface area (Å²) in [5.41, 5.74) is 1.35. The molecule has 88 valence electrons. The number of rotatable bonds is 1. The minimum atomic E-state index is 0. The van der Waals surface area contributed by atoms with Crippen LogP contribution in [0.1, 0.15) is 19.4 Å². The quantitative estimate of drug-likeness (QED) is 0.698. The van der Waals surface area contributed by atoms with Crippen molar-refractivity contribution in [2.24, 2.45) is 5.92 Å². The Hall–Kier alpha value is -0.261. The molecule has 2 aromatic rings. The van der Waals surface area contributed by atoms with E-state index in [1.165, 1.54) is 16.3 Å². The molecular formula is C15H17V2-. The zero-order valence-corrected chi connectivity index (χ0v) is 13.3. The van der Waals surface area contributed by atoms with Crippen LogP contribution in [0, 0.1) is 12.8 Å². The molecule has 0 aliphatic carbocycles. The van der Waals surface area contributed by atoms with E-state index in [0.29, 0.717) is 5.92 Å². The Morgan fingerprint density at radius 1 is 1.00 bits per heavy atom. The van der Waals surface area contributed by atoms with Gasteiger partial charge in [-0.25, -0.2) is 0 Å². The van der Waals surface area contributed by atoms with Gasteiger partial charge in [0.05, 0.1) is 0 Å². The van der Waals surface area contributed by atoms with Gasteiger partial charge >= 0.3 is 41.5 Å². The standard InChI is InChI=1S/C11H10.C4H7.2V/c1-9-5-4-7-10-6-2-3-8-11(9)10;1-4(2)3;;/h2-8H,1H3;4H,1-2H3;;/q;-1;;. The Bertz CT molecular complexity index is 456. The molecule has 0 bridgehead atoms. The normalized spacial score (nSPS) is 9.12. The summed E-state index contributed by atoms with van der Waals surface area (Å²) >= 11 is 2.32. The van der Waals surface area contributed by atoms with Crippen molar-refractivity contribution in [3.8, 4) is 0 Å². The van der Waals surface area contributed by atoms with Gasteiger partial charge in [-0.15, -0.1) is 0 Å². The van der Waals surface area contributed by atoms with Crippen molar-refractivity contribution in [3.63, 3.8) is 0 Å². The summed E-state index contributed by atoms with van der Waals surface area (Å²) < 4.78 is 2.97. The fourth-order valence-corrected chi connectivity index (χ4v) is 1.39. The van der Waals surface area contributed by atoms with Crippen LogP contribution < -0.4 is 0 Å². The topological polar surface area (TPSA) is 0 Å². The molecule has 0 aliphatic heterocycles. The van der Waals surface area contributed by atoms with Crippen LogP contribution in [-0.2, 0) is 35.5 Å². The minimum absolute atomic E-state index is 0. The van der Waals surface area contributed by atoms with Gasteiger partial charge in [-0.2, -0.15) is 0 Å². The summed E-state index contributed by atoms with van der Waals surface area (Å²) in [4.78, 5) is 0.